The molecule has 1 amide bonds. The van der Waals surface area contributed by atoms with Gasteiger partial charge >= 0.3 is 0 Å². The van der Waals surface area contributed by atoms with E-state index in [0.717, 1.165) is 46.7 Å². The van der Waals surface area contributed by atoms with Crippen molar-refractivity contribution in [2.24, 2.45) is 0 Å². The van der Waals surface area contributed by atoms with Gasteiger partial charge in [0.05, 0.1) is 18.5 Å². The van der Waals surface area contributed by atoms with Gasteiger partial charge < -0.3 is 15.0 Å². The van der Waals surface area contributed by atoms with Gasteiger partial charge in [-0.05, 0) is 62.1 Å². The number of hydrogen-bond acceptors (Lipinski definition) is 4. The van der Waals surface area contributed by atoms with Crippen molar-refractivity contribution in [2.75, 3.05) is 26.0 Å². The predicted molar refractivity (Wildman–Crippen MR) is 124 cm³/mol. The Hall–Kier alpha value is -3.64. The Morgan fingerprint density at radius 3 is 2.48 bits per heavy atom. The summed E-state index contributed by atoms with van der Waals surface area (Å²) in [4.78, 5) is 14.6. The van der Waals surface area contributed by atoms with Gasteiger partial charge in [0, 0.05) is 23.8 Å². The molecule has 1 aromatic heterocycles. The molecular formula is C25H26N4O2. The number of nitrogens with one attached hydrogen (secondary N) is 1. The lowest BCUT2D eigenvalue weighted by Crippen LogP contribution is -2.18. The molecule has 158 valence electrons. The van der Waals surface area contributed by atoms with Crippen molar-refractivity contribution < 1.29 is 9.53 Å². The van der Waals surface area contributed by atoms with E-state index in [0.29, 0.717) is 6.42 Å². The monoisotopic (exact) mass is 414 g/mol. The van der Waals surface area contributed by atoms with E-state index in [-0.39, 0.29) is 5.91 Å². The maximum absolute atomic E-state index is 12.5. The SMILES string of the molecule is CN(C)CCn1cc2cc(NC(=O)Cc3ccc(Oc4ccccc4)cc3)ccc2n1. The molecule has 0 fully saturated rings. The van der Waals surface area contributed by atoms with E-state index < -0.39 is 0 Å². The Bertz CT molecular complexity index is 1150. The van der Waals surface area contributed by atoms with Crippen LogP contribution in [0.25, 0.3) is 10.9 Å². The van der Waals surface area contributed by atoms with Crippen LogP contribution in [0, 0.1) is 0 Å². The van der Waals surface area contributed by atoms with Gasteiger partial charge in [-0.25, -0.2) is 0 Å². The van der Waals surface area contributed by atoms with Crippen LogP contribution in [0.2, 0.25) is 0 Å². The van der Waals surface area contributed by atoms with Gasteiger partial charge in [-0.1, -0.05) is 30.3 Å². The molecule has 0 radical (unpaired) electrons. The van der Waals surface area contributed by atoms with E-state index >= 15 is 0 Å². The summed E-state index contributed by atoms with van der Waals surface area (Å²) in [5.41, 5.74) is 2.62. The van der Waals surface area contributed by atoms with Crippen molar-refractivity contribution in [1.29, 1.82) is 0 Å². The molecule has 4 rings (SSSR count). The van der Waals surface area contributed by atoms with Gasteiger partial charge in [0.2, 0.25) is 5.91 Å². The van der Waals surface area contributed by atoms with Crippen LogP contribution in [-0.4, -0.2) is 41.2 Å². The number of benzene rings is 3. The third-order valence-corrected chi connectivity index (χ3v) is 4.88. The van der Waals surface area contributed by atoms with Gasteiger partial charge in [0.25, 0.3) is 0 Å². The molecule has 0 aliphatic heterocycles. The van der Waals surface area contributed by atoms with Crippen molar-refractivity contribution in [3.05, 3.63) is 84.6 Å². The maximum Gasteiger partial charge on any atom is 0.228 e. The van der Waals surface area contributed by atoms with Crippen molar-refractivity contribution in [3.8, 4) is 11.5 Å². The third-order valence-electron chi connectivity index (χ3n) is 4.88. The average Bonchev–Trinajstić information content (AvgIpc) is 3.17. The molecule has 1 N–H and O–H groups in total. The number of amides is 1. The first-order chi connectivity index (χ1) is 15.0. The van der Waals surface area contributed by atoms with Gasteiger partial charge in [0.15, 0.2) is 0 Å². The van der Waals surface area contributed by atoms with Crippen LogP contribution < -0.4 is 10.1 Å². The smallest absolute Gasteiger partial charge is 0.228 e. The molecule has 0 saturated carbocycles. The first-order valence-electron chi connectivity index (χ1n) is 10.3. The lowest BCUT2D eigenvalue weighted by Gasteiger charge is -2.08. The highest BCUT2D eigenvalue weighted by molar-refractivity contribution is 5.94. The zero-order chi connectivity index (χ0) is 21.6. The molecule has 4 aromatic rings. The fourth-order valence-electron chi connectivity index (χ4n) is 3.26. The van der Waals surface area contributed by atoms with Crippen molar-refractivity contribution in [2.45, 2.75) is 13.0 Å². The highest BCUT2D eigenvalue weighted by Gasteiger charge is 2.07. The lowest BCUT2D eigenvalue weighted by molar-refractivity contribution is -0.115. The Morgan fingerprint density at radius 2 is 1.74 bits per heavy atom. The quantitative estimate of drug-likeness (QED) is 0.459. The molecule has 3 aromatic carbocycles. The minimum Gasteiger partial charge on any atom is -0.457 e. The number of carbonyl (C=O) groups excluding carboxylic acids is 1. The molecule has 0 atom stereocenters. The zero-order valence-electron chi connectivity index (χ0n) is 17.8. The standard InChI is InChI=1S/C25H26N4O2/c1-28(2)14-15-29-18-20-17-21(10-13-24(20)27-29)26-25(30)16-19-8-11-23(12-9-19)31-22-6-4-3-5-7-22/h3-13,17-18H,14-16H2,1-2H3,(H,26,30). The molecule has 0 spiro atoms. The maximum atomic E-state index is 12.5. The zero-order valence-corrected chi connectivity index (χ0v) is 17.8. The van der Waals surface area contributed by atoms with Crippen LogP contribution in [-0.2, 0) is 17.8 Å². The van der Waals surface area contributed by atoms with Gasteiger partial charge in [-0.2, -0.15) is 5.10 Å². The average molecular weight is 415 g/mol. The summed E-state index contributed by atoms with van der Waals surface area (Å²) in [7, 11) is 4.08. The van der Waals surface area contributed by atoms with Crippen LogP contribution in [0.1, 0.15) is 5.56 Å². The number of anilines is 1. The summed E-state index contributed by atoms with van der Waals surface area (Å²) in [6.45, 7) is 1.75. The third kappa shape index (κ3) is 5.71. The Labute approximate surface area is 182 Å². The normalized spacial score (nSPS) is 11.1. The van der Waals surface area contributed by atoms with Crippen LogP contribution in [0.5, 0.6) is 11.5 Å². The molecule has 0 aliphatic rings. The number of hydrogen-bond donors (Lipinski definition) is 1. The number of nitrogens with zero attached hydrogens (tertiary/aromatic N) is 3. The number of aromatic nitrogens is 2. The summed E-state index contributed by atoms with van der Waals surface area (Å²) in [6, 6.07) is 23.0. The number of para-hydroxylation sites is 1. The number of fused-ring (bicyclic) bond motifs is 1. The molecule has 0 unspecified atom stereocenters. The van der Waals surface area contributed by atoms with E-state index in [2.05, 4.69) is 15.3 Å². The minimum absolute atomic E-state index is 0.0592. The molecule has 31 heavy (non-hydrogen) atoms. The molecule has 0 bridgehead atoms. The highest BCUT2D eigenvalue weighted by atomic mass is 16.5. The van der Waals surface area contributed by atoms with Gasteiger partial charge in [0.1, 0.15) is 11.5 Å². The van der Waals surface area contributed by atoms with Gasteiger partial charge in [-0.15, -0.1) is 0 Å². The summed E-state index contributed by atoms with van der Waals surface area (Å²) in [5.74, 6) is 1.47. The summed E-state index contributed by atoms with van der Waals surface area (Å²) < 4.78 is 7.74. The molecule has 6 heteroatoms. The van der Waals surface area contributed by atoms with Crippen molar-refractivity contribution in [3.63, 3.8) is 0 Å². The number of ether oxygens (including phenoxy) is 1. The van der Waals surface area contributed by atoms with E-state index in [4.69, 9.17) is 4.74 Å². The first kappa shape index (κ1) is 20.6. The van der Waals surface area contributed by atoms with Crippen molar-refractivity contribution in [1.82, 2.24) is 14.7 Å². The van der Waals surface area contributed by atoms with E-state index in [1.807, 2.05) is 97.8 Å². The largest absolute Gasteiger partial charge is 0.457 e. The van der Waals surface area contributed by atoms with Crippen LogP contribution in [0.3, 0.4) is 0 Å². The first-order valence-corrected chi connectivity index (χ1v) is 10.3. The summed E-state index contributed by atoms with van der Waals surface area (Å²) >= 11 is 0. The van der Waals surface area contributed by atoms with Crippen LogP contribution in [0.15, 0.2) is 79.0 Å². The van der Waals surface area contributed by atoms with Crippen LogP contribution in [0.4, 0.5) is 5.69 Å². The van der Waals surface area contributed by atoms with E-state index in [9.17, 15) is 4.79 Å². The number of rotatable bonds is 8. The van der Waals surface area contributed by atoms with E-state index in [1.165, 1.54) is 0 Å². The summed E-state index contributed by atoms with van der Waals surface area (Å²) in [6.07, 6.45) is 2.31. The lowest BCUT2D eigenvalue weighted by atomic mass is 10.1. The number of likely N-dealkylation sites (N-methyl/N-ethyl adjacent to an activating group) is 1. The molecular weight excluding hydrogens is 388 g/mol. The highest BCUT2D eigenvalue weighted by Crippen LogP contribution is 2.22. The Kier molecular flexibility index (Phi) is 6.29. The fourth-order valence-corrected chi connectivity index (χ4v) is 3.26. The molecule has 1 heterocycles. The molecule has 0 aliphatic carbocycles. The number of carbonyl (C=O) groups is 1. The second-order valence-electron chi connectivity index (χ2n) is 7.75. The Morgan fingerprint density at radius 1 is 1.00 bits per heavy atom. The topological polar surface area (TPSA) is 59.4 Å². The second kappa shape index (κ2) is 9.45. The Balaban J connectivity index is 1.35. The van der Waals surface area contributed by atoms with Crippen LogP contribution >= 0.6 is 0 Å². The minimum atomic E-state index is -0.0592. The second-order valence-corrected chi connectivity index (χ2v) is 7.75. The molecule has 6 nitrogen and oxygen atoms in total. The van der Waals surface area contributed by atoms with Gasteiger partial charge in [-0.3, -0.25) is 9.48 Å². The van der Waals surface area contributed by atoms with E-state index in [1.54, 1.807) is 0 Å². The molecule has 0 saturated heterocycles. The predicted octanol–water partition coefficient (Wildman–Crippen LogP) is 4.57. The fraction of sp³-hybridized carbons (Fsp3) is 0.200. The van der Waals surface area contributed by atoms with Crippen molar-refractivity contribution >= 4 is 22.5 Å². The summed E-state index contributed by atoms with van der Waals surface area (Å²) in [5, 5.41) is 8.57.